The van der Waals surface area contributed by atoms with Crippen molar-refractivity contribution in [1.29, 1.82) is 0 Å². The maximum atomic E-state index is 13.7. The van der Waals surface area contributed by atoms with Gasteiger partial charge in [-0.1, -0.05) is 77.9 Å². The topological polar surface area (TPSA) is 78.8 Å². The molecule has 7 heteroatoms. The summed E-state index contributed by atoms with van der Waals surface area (Å²) < 4.78 is 28.6. The minimum absolute atomic E-state index is 0.175. The highest BCUT2D eigenvalue weighted by Crippen LogP contribution is 2.25. The molecule has 3 rings (SSSR count). The number of nitrogens with zero attached hydrogens (tertiary/aromatic N) is 2. The summed E-state index contributed by atoms with van der Waals surface area (Å²) in [5, 5.41) is 4.00. The van der Waals surface area contributed by atoms with Crippen LogP contribution in [0.1, 0.15) is 33.4 Å². The van der Waals surface area contributed by atoms with Gasteiger partial charge < -0.3 is 0 Å². The van der Waals surface area contributed by atoms with Crippen LogP contribution in [0, 0.1) is 27.7 Å². The van der Waals surface area contributed by atoms with E-state index in [1.165, 1.54) is 10.5 Å². The monoisotopic (exact) mass is 477 g/mol. The van der Waals surface area contributed by atoms with Crippen molar-refractivity contribution in [3.63, 3.8) is 0 Å². The summed E-state index contributed by atoms with van der Waals surface area (Å²) in [6.45, 7) is 7.34. The van der Waals surface area contributed by atoms with Crippen LogP contribution < -0.4 is 5.43 Å². The molecule has 0 aliphatic carbocycles. The summed E-state index contributed by atoms with van der Waals surface area (Å²) >= 11 is 0. The number of hydrogen-bond acceptors (Lipinski definition) is 4. The number of benzene rings is 3. The molecule has 0 saturated carbocycles. The number of rotatable bonds is 9. The Morgan fingerprint density at radius 3 is 2.15 bits per heavy atom. The fourth-order valence-corrected chi connectivity index (χ4v) is 5.72. The Morgan fingerprint density at radius 2 is 1.53 bits per heavy atom. The highest BCUT2D eigenvalue weighted by Gasteiger charge is 2.29. The molecule has 1 N–H and O–H groups in total. The third-order valence-corrected chi connectivity index (χ3v) is 7.65. The number of nitrogens with one attached hydrogen (secondary N) is 1. The van der Waals surface area contributed by atoms with E-state index in [9.17, 15) is 13.2 Å². The van der Waals surface area contributed by atoms with Crippen molar-refractivity contribution in [2.24, 2.45) is 5.10 Å². The molecule has 0 spiro atoms. The molecule has 0 unspecified atom stereocenters. The molecule has 0 radical (unpaired) electrons. The number of hydrazone groups is 1. The maximum absolute atomic E-state index is 13.7. The predicted octanol–water partition coefficient (Wildman–Crippen LogP) is 4.30. The van der Waals surface area contributed by atoms with Gasteiger partial charge in [-0.3, -0.25) is 4.79 Å². The van der Waals surface area contributed by atoms with Crippen LogP contribution in [0.2, 0.25) is 0 Å². The first-order chi connectivity index (χ1) is 16.2. The molecule has 0 fully saturated rings. The standard InChI is InChI=1S/C27H31N3O3S/c1-20-10-12-25(13-11-20)18-28-29-26(31)19-30(15-14-24-8-6-5-7-9-24)34(32,33)27-22(3)16-21(2)17-23(27)4/h5-13,16-18H,14-15,19H2,1-4H3,(H,29,31). The molecule has 3 aromatic carbocycles. The van der Waals surface area contributed by atoms with Gasteiger partial charge >= 0.3 is 0 Å². The zero-order valence-electron chi connectivity index (χ0n) is 20.1. The van der Waals surface area contributed by atoms with Gasteiger partial charge in [0.15, 0.2) is 0 Å². The lowest BCUT2D eigenvalue weighted by Crippen LogP contribution is -2.41. The van der Waals surface area contributed by atoms with Crippen molar-refractivity contribution in [3.05, 3.63) is 100 Å². The number of amides is 1. The lowest BCUT2D eigenvalue weighted by Gasteiger charge is -2.24. The highest BCUT2D eigenvalue weighted by molar-refractivity contribution is 7.89. The maximum Gasteiger partial charge on any atom is 0.255 e. The number of carbonyl (C=O) groups is 1. The molecule has 34 heavy (non-hydrogen) atoms. The zero-order chi connectivity index (χ0) is 24.7. The second-order valence-electron chi connectivity index (χ2n) is 8.51. The van der Waals surface area contributed by atoms with Gasteiger partial charge in [0.25, 0.3) is 5.91 Å². The molecular formula is C27H31N3O3S. The van der Waals surface area contributed by atoms with Gasteiger partial charge in [-0.25, -0.2) is 13.8 Å². The largest absolute Gasteiger partial charge is 0.272 e. The van der Waals surface area contributed by atoms with Gasteiger partial charge in [0, 0.05) is 6.54 Å². The normalized spacial score (nSPS) is 11.8. The van der Waals surface area contributed by atoms with Crippen molar-refractivity contribution in [2.75, 3.05) is 13.1 Å². The SMILES string of the molecule is Cc1ccc(C=NNC(=O)CN(CCc2ccccc2)S(=O)(=O)c2c(C)cc(C)cc2C)cc1. The van der Waals surface area contributed by atoms with E-state index in [0.29, 0.717) is 17.5 Å². The predicted molar refractivity (Wildman–Crippen MR) is 136 cm³/mol. The van der Waals surface area contributed by atoms with Crippen LogP contribution in [-0.2, 0) is 21.2 Å². The molecule has 0 aliphatic heterocycles. The highest BCUT2D eigenvalue weighted by atomic mass is 32.2. The van der Waals surface area contributed by atoms with Crippen LogP contribution >= 0.6 is 0 Å². The summed E-state index contributed by atoms with van der Waals surface area (Å²) in [6.07, 6.45) is 2.03. The second-order valence-corrected chi connectivity index (χ2v) is 10.4. The lowest BCUT2D eigenvalue weighted by molar-refractivity contribution is -0.121. The van der Waals surface area contributed by atoms with Crippen molar-refractivity contribution in [3.8, 4) is 0 Å². The Labute approximate surface area is 202 Å². The molecule has 3 aromatic rings. The molecule has 0 aliphatic rings. The van der Waals surface area contributed by atoms with Crippen LogP contribution in [0.3, 0.4) is 0 Å². The van der Waals surface area contributed by atoms with Crippen molar-refractivity contribution < 1.29 is 13.2 Å². The Balaban J connectivity index is 1.81. The Morgan fingerprint density at radius 1 is 0.912 bits per heavy atom. The first kappa shape index (κ1) is 25.3. The Hall–Kier alpha value is -3.29. The molecule has 0 aromatic heterocycles. The molecule has 0 atom stereocenters. The second kappa shape index (κ2) is 11.2. The van der Waals surface area contributed by atoms with Crippen molar-refractivity contribution >= 4 is 22.1 Å². The average molecular weight is 478 g/mol. The molecule has 0 saturated heterocycles. The summed E-state index contributed by atoms with van der Waals surface area (Å²) in [7, 11) is -3.91. The Bertz CT molecular complexity index is 1250. The molecule has 6 nitrogen and oxygen atoms in total. The molecule has 0 bridgehead atoms. The summed E-state index contributed by atoms with van der Waals surface area (Å²) in [4.78, 5) is 12.9. The van der Waals surface area contributed by atoms with Gasteiger partial charge in [-0.2, -0.15) is 9.41 Å². The third-order valence-electron chi connectivity index (χ3n) is 5.50. The smallest absolute Gasteiger partial charge is 0.255 e. The van der Waals surface area contributed by atoms with E-state index in [0.717, 1.165) is 22.3 Å². The fraction of sp³-hybridized carbons (Fsp3) is 0.259. The molecule has 178 valence electrons. The van der Waals surface area contributed by atoms with Crippen molar-refractivity contribution in [1.82, 2.24) is 9.73 Å². The van der Waals surface area contributed by atoms with E-state index in [1.54, 1.807) is 13.8 Å². The molecule has 1 amide bonds. The first-order valence-electron chi connectivity index (χ1n) is 11.2. The molecular weight excluding hydrogens is 446 g/mol. The first-order valence-corrected chi connectivity index (χ1v) is 12.6. The van der Waals surface area contributed by atoms with E-state index in [4.69, 9.17) is 0 Å². The Kier molecular flexibility index (Phi) is 8.36. The van der Waals surface area contributed by atoms with Crippen LogP contribution in [-0.4, -0.2) is 37.9 Å². The number of hydrogen-bond donors (Lipinski definition) is 1. The van der Waals surface area contributed by atoms with Crippen LogP contribution in [0.4, 0.5) is 0 Å². The third kappa shape index (κ3) is 6.62. The van der Waals surface area contributed by atoms with Gasteiger partial charge in [0.1, 0.15) is 0 Å². The number of aryl methyl sites for hydroxylation is 4. The zero-order valence-corrected chi connectivity index (χ0v) is 20.9. The van der Waals surface area contributed by atoms with Crippen LogP contribution in [0.5, 0.6) is 0 Å². The van der Waals surface area contributed by atoms with E-state index < -0.39 is 15.9 Å². The lowest BCUT2D eigenvalue weighted by atomic mass is 10.1. The van der Waals surface area contributed by atoms with Gasteiger partial charge in [0.2, 0.25) is 10.0 Å². The number of sulfonamides is 1. The quantitative estimate of drug-likeness (QED) is 0.369. The van der Waals surface area contributed by atoms with E-state index in [-0.39, 0.29) is 18.0 Å². The summed E-state index contributed by atoms with van der Waals surface area (Å²) in [6, 6.07) is 21.0. The van der Waals surface area contributed by atoms with Gasteiger partial charge in [0.05, 0.1) is 17.7 Å². The summed E-state index contributed by atoms with van der Waals surface area (Å²) in [5.74, 6) is -0.498. The average Bonchev–Trinajstić information content (AvgIpc) is 2.77. The summed E-state index contributed by atoms with van der Waals surface area (Å²) in [5.41, 5.74) is 7.75. The van der Waals surface area contributed by atoms with Gasteiger partial charge in [-0.05, 0) is 56.4 Å². The fourth-order valence-electron chi connectivity index (χ4n) is 3.91. The van der Waals surface area contributed by atoms with E-state index >= 15 is 0 Å². The van der Waals surface area contributed by atoms with Gasteiger partial charge in [-0.15, -0.1) is 0 Å². The van der Waals surface area contributed by atoms with Crippen molar-refractivity contribution in [2.45, 2.75) is 39.0 Å². The minimum Gasteiger partial charge on any atom is -0.272 e. The minimum atomic E-state index is -3.91. The van der Waals surface area contributed by atoms with E-state index in [1.807, 2.05) is 80.6 Å². The van der Waals surface area contributed by atoms with Crippen LogP contribution in [0.25, 0.3) is 0 Å². The van der Waals surface area contributed by atoms with Crippen LogP contribution in [0.15, 0.2) is 76.7 Å². The van der Waals surface area contributed by atoms with E-state index in [2.05, 4.69) is 10.5 Å². The molecule has 0 heterocycles. The number of carbonyl (C=O) groups excluding carboxylic acids is 1.